The highest BCUT2D eigenvalue weighted by molar-refractivity contribution is 5.69. The van der Waals surface area contributed by atoms with Gasteiger partial charge < -0.3 is 14.7 Å². The van der Waals surface area contributed by atoms with Crippen LogP contribution in [0.25, 0.3) is 0 Å². The summed E-state index contributed by atoms with van der Waals surface area (Å²) in [6.45, 7) is 9.56. The number of likely N-dealkylation sites (tertiary alicyclic amines) is 2. The number of carbonyl (C=O) groups is 1. The Balaban J connectivity index is 1.72. The highest BCUT2D eigenvalue weighted by atomic mass is 16.6. The van der Waals surface area contributed by atoms with E-state index in [0.29, 0.717) is 12.0 Å². The summed E-state index contributed by atoms with van der Waals surface area (Å²) >= 11 is 0. The van der Waals surface area contributed by atoms with E-state index in [0.717, 1.165) is 32.6 Å². The lowest BCUT2D eigenvalue weighted by atomic mass is 9.96. The Morgan fingerprint density at radius 1 is 1.30 bits per heavy atom. The van der Waals surface area contributed by atoms with Crippen LogP contribution in [0.3, 0.4) is 0 Å². The Morgan fingerprint density at radius 2 is 2.00 bits per heavy atom. The van der Waals surface area contributed by atoms with Gasteiger partial charge in [0.2, 0.25) is 0 Å². The molecule has 0 saturated carbocycles. The Hall–Kier alpha value is -0.810. The van der Waals surface area contributed by atoms with E-state index in [4.69, 9.17) is 4.74 Å². The van der Waals surface area contributed by atoms with Crippen molar-refractivity contribution in [2.45, 2.75) is 51.7 Å². The second-order valence-electron chi connectivity index (χ2n) is 7.08. The maximum absolute atomic E-state index is 11.8. The lowest BCUT2D eigenvalue weighted by molar-refractivity contribution is -0.0140. The number of rotatable bonds is 3. The van der Waals surface area contributed by atoms with Gasteiger partial charge in [-0.2, -0.15) is 0 Å². The summed E-state index contributed by atoms with van der Waals surface area (Å²) in [7, 11) is 0. The van der Waals surface area contributed by atoms with Crippen molar-refractivity contribution in [1.29, 1.82) is 0 Å². The fourth-order valence-corrected chi connectivity index (χ4v) is 3.00. The van der Waals surface area contributed by atoms with Gasteiger partial charge in [0, 0.05) is 31.6 Å². The van der Waals surface area contributed by atoms with Crippen molar-refractivity contribution in [3.63, 3.8) is 0 Å². The maximum Gasteiger partial charge on any atom is 0.410 e. The molecule has 5 nitrogen and oxygen atoms in total. The zero-order chi connectivity index (χ0) is 14.8. The van der Waals surface area contributed by atoms with Crippen molar-refractivity contribution in [2.75, 3.05) is 32.8 Å². The molecule has 2 saturated heterocycles. The predicted molar refractivity (Wildman–Crippen MR) is 77.6 cm³/mol. The number of carbonyl (C=O) groups excluding carboxylic acids is 1. The van der Waals surface area contributed by atoms with E-state index in [-0.39, 0.29) is 12.7 Å². The second-order valence-corrected chi connectivity index (χ2v) is 7.08. The van der Waals surface area contributed by atoms with Crippen LogP contribution in [0, 0.1) is 5.92 Å². The first-order valence-electron chi connectivity index (χ1n) is 7.72. The summed E-state index contributed by atoms with van der Waals surface area (Å²) in [5.74, 6) is 0.523. The van der Waals surface area contributed by atoms with Crippen LogP contribution in [0.2, 0.25) is 0 Å². The molecule has 1 atom stereocenters. The third-order valence-corrected chi connectivity index (χ3v) is 4.06. The lowest BCUT2D eigenvalue weighted by Gasteiger charge is -2.44. The van der Waals surface area contributed by atoms with Crippen LogP contribution >= 0.6 is 0 Å². The predicted octanol–water partition coefficient (Wildman–Crippen LogP) is 1.70. The number of aliphatic hydroxyl groups is 1. The number of piperidine rings is 1. The van der Waals surface area contributed by atoms with Crippen molar-refractivity contribution < 1.29 is 14.6 Å². The largest absolute Gasteiger partial charge is 0.444 e. The zero-order valence-electron chi connectivity index (χ0n) is 13.0. The minimum absolute atomic E-state index is 0.203. The SMILES string of the molecule is CC(C)(C)OC(=O)N1CC(CN2CCCCC2CO)C1. The van der Waals surface area contributed by atoms with E-state index >= 15 is 0 Å². The molecule has 116 valence electrons. The van der Waals surface area contributed by atoms with Gasteiger partial charge in [-0.15, -0.1) is 0 Å². The van der Waals surface area contributed by atoms with Gasteiger partial charge in [-0.3, -0.25) is 4.90 Å². The monoisotopic (exact) mass is 284 g/mol. The molecule has 1 N–H and O–H groups in total. The molecule has 0 aliphatic carbocycles. The third-order valence-electron chi connectivity index (χ3n) is 4.06. The van der Waals surface area contributed by atoms with Crippen LogP contribution in [0.4, 0.5) is 4.79 Å². The average molecular weight is 284 g/mol. The van der Waals surface area contributed by atoms with Crippen LogP contribution in [0.5, 0.6) is 0 Å². The minimum atomic E-state index is -0.420. The highest BCUT2D eigenvalue weighted by Gasteiger charge is 2.35. The second kappa shape index (κ2) is 6.31. The van der Waals surface area contributed by atoms with Crippen molar-refractivity contribution in [1.82, 2.24) is 9.80 Å². The average Bonchev–Trinajstić information content (AvgIpc) is 2.31. The molecule has 2 aliphatic rings. The summed E-state index contributed by atoms with van der Waals surface area (Å²) in [5, 5.41) is 9.41. The summed E-state index contributed by atoms with van der Waals surface area (Å²) in [6.07, 6.45) is 3.33. The molecule has 2 rings (SSSR count). The van der Waals surface area contributed by atoms with E-state index < -0.39 is 5.60 Å². The van der Waals surface area contributed by atoms with Gasteiger partial charge in [0.1, 0.15) is 5.60 Å². The van der Waals surface area contributed by atoms with Gasteiger partial charge >= 0.3 is 6.09 Å². The van der Waals surface area contributed by atoms with E-state index in [1.807, 2.05) is 20.8 Å². The van der Waals surface area contributed by atoms with E-state index in [9.17, 15) is 9.90 Å². The highest BCUT2D eigenvalue weighted by Crippen LogP contribution is 2.24. The van der Waals surface area contributed by atoms with Crippen molar-refractivity contribution in [2.24, 2.45) is 5.92 Å². The van der Waals surface area contributed by atoms with Crippen LogP contribution in [0.1, 0.15) is 40.0 Å². The first-order valence-corrected chi connectivity index (χ1v) is 7.72. The molecule has 2 aliphatic heterocycles. The quantitative estimate of drug-likeness (QED) is 0.857. The number of amides is 1. The first-order chi connectivity index (χ1) is 9.39. The molecule has 0 aromatic rings. The summed E-state index contributed by atoms with van der Waals surface area (Å²) in [6, 6.07) is 0.319. The molecule has 20 heavy (non-hydrogen) atoms. The van der Waals surface area contributed by atoms with Crippen molar-refractivity contribution in [3.8, 4) is 0 Å². The molecule has 0 radical (unpaired) electrons. The molecule has 0 bridgehead atoms. The number of nitrogens with zero attached hydrogens (tertiary/aromatic N) is 2. The summed E-state index contributed by atoms with van der Waals surface area (Å²) < 4.78 is 5.36. The molecule has 0 spiro atoms. The first kappa shape index (κ1) is 15.6. The van der Waals surface area contributed by atoms with Gasteiger partial charge in [-0.05, 0) is 40.2 Å². The van der Waals surface area contributed by atoms with Gasteiger partial charge in [0.05, 0.1) is 6.61 Å². The van der Waals surface area contributed by atoms with Crippen molar-refractivity contribution >= 4 is 6.09 Å². The van der Waals surface area contributed by atoms with E-state index in [2.05, 4.69) is 4.90 Å². The van der Waals surface area contributed by atoms with Gasteiger partial charge in [0.25, 0.3) is 0 Å². The number of aliphatic hydroxyl groups excluding tert-OH is 1. The van der Waals surface area contributed by atoms with E-state index in [1.54, 1.807) is 4.90 Å². The lowest BCUT2D eigenvalue weighted by Crippen LogP contribution is -2.56. The number of hydrogen-bond donors (Lipinski definition) is 1. The molecule has 5 heteroatoms. The maximum atomic E-state index is 11.8. The molecule has 2 heterocycles. The minimum Gasteiger partial charge on any atom is -0.444 e. The van der Waals surface area contributed by atoms with Crippen LogP contribution < -0.4 is 0 Å². The fraction of sp³-hybridized carbons (Fsp3) is 0.933. The third kappa shape index (κ3) is 4.09. The summed E-state index contributed by atoms with van der Waals surface area (Å²) in [5.41, 5.74) is -0.420. The Labute approximate surface area is 121 Å². The Kier molecular flexibility index (Phi) is 4.91. The van der Waals surface area contributed by atoms with Crippen LogP contribution in [-0.4, -0.2) is 65.4 Å². The van der Waals surface area contributed by atoms with Gasteiger partial charge in [0.15, 0.2) is 0 Å². The molecule has 0 aromatic carbocycles. The summed E-state index contributed by atoms with van der Waals surface area (Å²) in [4.78, 5) is 16.0. The Morgan fingerprint density at radius 3 is 2.60 bits per heavy atom. The van der Waals surface area contributed by atoms with E-state index in [1.165, 1.54) is 12.8 Å². The van der Waals surface area contributed by atoms with Gasteiger partial charge in [-0.25, -0.2) is 4.79 Å². The Bertz CT molecular complexity index is 335. The topological polar surface area (TPSA) is 53.0 Å². The molecule has 1 amide bonds. The zero-order valence-corrected chi connectivity index (χ0v) is 13.0. The molecule has 1 unspecified atom stereocenters. The number of hydrogen-bond acceptors (Lipinski definition) is 4. The smallest absolute Gasteiger partial charge is 0.410 e. The molecule has 2 fully saturated rings. The van der Waals surface area contributed by atoms with Crippen molar-refractivity contribution in [3.05, 3.63) is 0 Å². The molecular formula is C15H28N2O3. The molecular weight excluding hydrogens is 256 g/mol. The standard InChI is InChI=1S/C15H28N2O3/c1-15(2,3)20-14(19)17-9-12(10-17)8-16-7-5-4-6-13(16)11-18/h12-13,18H,4-11H2,1-3H3. The normalized spacial score (nSPS) is 25.4. The van der Waals surface area contributed by atoms with Crippen LogP contribution in [-0.2, 0) is 4.74 Å². The van der Waals surface area contributed by atoms with Gasteiger partial charge in [-0.1, -0.05) is 6.42 Å². The molecule has 0 aromatic heterocycles. The van der Waals surface area contributed by atoms with Crippen LogP contribution in [0.15, 0.2) is 0 Å². The fourth-order valence-electron chi connectivity index (χ4n) is 3.00. The number of ether oxygens (including phenoxy) is 1.